The summed E-state index contributed by atoms with van der Waals surface area (Å²) in [6.45, 7) is 3.91. The number of nitro groups is 1. The smallest absolute Gasteiger partial charge is 0.274 e. The summed E-state index contributed by atoms with van der Waals surface area (Å²) in [6, 6.07) is 6.40. The fourth-order valence-corrected chi connectivity index (χ4v) is 3.30. The number of nitro benzene ring substituents is 1. The summed E-state index contributed by atoms with van der Waals surface area (Å²) >= 11 is 0. The summed E-state index contributed by atoms with van der Waals surface area (Å²) in [7, 11) is 0. The Hall–Kier alpha value is -3.51. The summed E-state index contributed by atoms with van der Waals surface area (Å²) in [5.74, 6) is -0.313. The van der Waals surface area contributed by atoms with Gasteiger partial charge in [-0.2, -0.15) is 5.26 Å². The van der Waals surface area contributed by atoms with Crippen LogP contribution in [0.4, 0.5) is 11.4 Å². The highest BCUT2D eigenvalue weighted by Crippen LogP contribution is 2.26. The molecular formula is C20H20N4O5. The SMILES string of the molecule is Cc1ccc(N=Cc2c(C)c(C#N)c(=O)n(CC3CCCO3)c2O)cc1[N+](=O)[O-]. The first kappa shape index (κ1) is 20.2. The van der Waals surface area contributed by atoms with Gasteiger partial charge in [0, 0.05) is 24.5 Å². The minimum Gasteiger partial charge on any atom is -0.494 e. The first-order valence-electron chi connectivity index (χ1n) is 9.10. The lowest BCUT2D eigenvalue weighted by molar-refractivity contribution is -0.385. The Morgan fingerprint density at radius 2 is 2.24 bits per heavy atom. The van der Waals surface area contributed by atoms with Crippen LogP contribution in [0, 0.1) is 35.3 Å². The van der Waals surface area contributed by atoms with Crippen molar-refractivity contribution in [1.29, 1.82) is 5.26 Å². The molecule has 0 saturated carbocycles. The number of ether oxygens (including phenoxy) is 1. The van der Waals surface area contributed by atoms with E-state index in [4.69, 9.17) is 4.74 Å². The predicted molar refractivity (Wildman–Crippen MR) is 106 cm³/mol. The van der Waals surface area contributed by atoms with Gasteiger partial charge in [-0.1, -0.05) is 6.07 Å². The van der Waals surface area contributed by atoms with Crippen molar-refractivity contribution in [2.24, 2.45) is 4.99 Å². The Bertz CT molecular complexity index is 1090. The number of rotatable bonds is 5. The van der Waals surface area contributed by atoms with E-state index in [0.29, 0.717) is 23.4 Å². The van der Waals surface area contributed by atoms with Gasteiger partial charge in [-0.3, -0.25) is 24.5 Å². The molecule has 0 amide bonds. The maximum Gasteiger partial charge on any atom is 0.274 e. The zero-order chi connectivity index (χ0) is 21.1. The molecule has 1 aliphatic rings. The highest BCUT2D eigenvalue weighted by molar-refractivity contribution is 5.87. The lowest BCUT2D eigenvalue weighted by Crippen LogP contribution is -2.29. The van der Waals surface area contributed by atoms with E-state index in [2.05, 4.69) is 4.99 Å². The number of hydrogen-bond donors (Lipinski definition) is 1. The van der Waals surface area contributed by atoms with Crippen LogP contribution in [0.25, 0.3) is 0 Å². The maximum atomic E-state index is 12.6. The Morgan fingerprint density at radius 3 is 2.86 bits per heavy atom. The van der Waals surface area contributed by atoms with Crippen LogP contribution in [0.3, 0.4) is 0 Å². The van der Waals surface area contributed by atoms with Crippen LogP contribution in [0.15, 0.2) is 28.0 Å². The Labute approximate surface area is 166 Å². The first-order chi connectivity index (χ1) is 13.8. The Balaban J connectivity index is 2.06. The van der Waals surface area contributed by atoms with E-state index in [0.717, 1.165) is 17.4 Å². The van der Waals surface area contributed by atoms with Gasteiger partial charge in [-0.05, 0) is 38.3 Å². The van der Waals surface area contributed by atoms with E-state index < -0.39 is 10.5 Å². The van der Waals surface area contributed by atoms with Crippen LogP contribution in [0.1, 0.15) is 35.1 Å². The Kier molecular flexibility index (Phi) is 5.75. The largest absolute Gasteiger partial charge is 0.494 e. The van der Waals surface area contributed by atoms with Crippen LogP contribution < -0.4 is 5.56 Å². The molecular weight excluding hydrogens is 376 g/mol. The zero-order valence-electron chi connectivity index (χ0n) is 16.1. The topological polar surface area (TPSA) is 131 Å². The van der Waals surface area contributed by atoms with E-state index in [1.807, 2.05) is 6.07 Å². The second-order valence-corrected chi connectivity index (χ2v) is 6.89. The number of aryl methyl sites for hydroxylation is 1. The minimum absolute atomic E-state index is 0.0679. The molecule has 29 heavy (non-hydrogen) atoms. The van der Waals surface area contributed by atoms with Gasteiger partial charge < -0.3 is 9.84 Å². The van der Waals surface area contributed by atoms with Crippen molar-refractivity contribution in [3.8, 4) is 11.9 Å². The van der Waals surface area contributed by atoms with E-state index in [1.54, 1.807) is 26.0 Å². The van der Waals surface area contributed by atoms with Crippen LogP contribution in [0.5, 0.6) is 5.88 Å². The standard InChI is InChI=1S/C20H20N4O5/c1-12-5-6-14(8-18(12)24(27)28)22-10-17-13(2)16(9-21)19(25)23(20(17)26)11-15-4-3-7-29-15/h5-6,8,10,15,26H,3-4,7,11H2,1-2H3. The number of hydrogen-bond acceptors (Lipinski definition) is 7. The molecule has 0 bridgehead atoms. The van der Waals surface area contributed by atoms with E-state index >= 15 is 0 Å². The van der Waals surface area contributed by atoms with Gasteiger partial charge in [0.15, 0.2) is 0 Å². The molecule has 1 saturated heterocycles. The highest BCUT2D eigenvalue weighted by Gasteiger charge is 2.23. The average Bonchev–Trinajstić information content (AvgIpc) is 3.19. The third-order valence-corrected chi connectivity index (χ3v) is 4.99. The minimum atomic E-state index is -0.582. The molecule has 2 aromatic rings. The van der Waals surface area contributed by atoms with E-state index in [1.165, 1.54) is 12.3 Å². The molecule has 1 atom stereocenters. The van der Waals surface area contributed by atoms with Crippen molar-refractivity contribution in [1.82, 2.24) is 4.57 Å². The number of aliphatic imine (C=N–C) groups is 1. The number of nitriles is 1. The maximum absolute atomic E-state index is 12.6. The van der Waals surface area contributed by atoms with Crippen molar-refractivity contribution in [2.45, 2.75) is 39.3 Å². The predicted octanol–water partition coefficient (Wildman–Crippen LogP) is 2.88. The van der Waals surface area contributed by atoms with E-state index in [-0.39, 0.29) is 35.3 Å². The summed E-state index contributed by atoms with van der Waals surface area (Å²) in [5, 5.41) is 31.2. The molecule has 1 unspecified atom stereocenters. The van der Waals surface area contributed by atoms with Gasteiger partial charge in [0.1, 0.15) is 11.6 Å². The summed E-state index contributed by atoms with van der Waals surface area (Å²) in [5.41, 5.74) is 0.590. The molecule has 0 aliphatic carbocycles. The van der Waals surface area contributed by atoms with Crippen molar-refractivity contribution in [2.75, 3.05) is 6.61 Å². The molecule has 9 heteroatoms. The molecule has 1 N–H and O–H groups in total. The van der Waals surface area contributed by atoms with Gasteiger partial charge in [0.05, 0.1) is 28.8 Å². The van der Waals surface area contributed by atoms with Crippen molar-refractivity contribution < 1.29 is 14.8 Å². The number of nitrogens with zero attached hydrogens (tertiary/aromatic N) is 4. The van der Waals surface area contributed by atoms with Gasteiger partial charge in [-0.15, -0.1) is 0 Å². The number of pyridine rings is 1. The normalized spacial score (nSPS) is 16.2. The van der Waals surface area contributed by atoms with Crippen molar-refractivity contribution in [3.63, 3.8) is 0 Å². The molecule has 2 heterocycles. The lowest BCUT2D eigenvalue weighted by Gasteiger charge is -2.17. The lowest BCUT2D eigenvalue weighted by atomic mass is 10.1. The van der Waals surface area contributed by atoms with Gasteiger partial charge in [-0.25, -0.2) is 0 Å². The third-order valence-electron chi connectivity index (χ3n) is 4.99. The molecule has 0 radical (unpaired) electrons. The Morgan fingerprint density at radius 1 is 1.48 bits per heavy atom. The second-order valence-electron chi connectivity index (χ2n) is 6.89. The molecule has 1 aliphatic heterocycles. The van der Waals surface area contributed by atoms with Crippen LogP contribution >= 0.6 is 0 Å². The molecule has 1 aromatic carbocycles. The van der Waals surface area contributed by atoms with Crippen LogP contribution in [0.2, 0.25) is 0 Å². The molecule has 1 aromatic heterocycles. The molecule has 9 nitrogen and oxygen atoms in total. The second kappa shape index (κ2) is 8.24. The van der Waals surface area contributed by atoms with Crippen LogP contribution in [-0.4, -0.2) is 33.5 Å². The summed E-state index contributed by atoms with van der Waals surface area (Å²) in [6.07, 6.45) is 2.73. The van der Waals surface area contributed by atoms with Crippen molar-refractivity contribution in [3.05, 3.63) is 60.9 Å². The van der Waals surface area contributed by atoms with Crippen LogP contribution in [-0.2, 0) is 11.3 Å². The fraction of sp³-hybridized carbons (Fsp3) is 0.350. The fourth-order valence-electron chi connectivity index (χ4n) is 3.30. The first-order valence-corrected chi connectivity index (χ1v) is 9.10. The molecule has 150 valence electrons. The van der Waals surface area contributed by atoms with Crippen molar-refractivity contribution >= 4 is 17.6 Å². The van der Waals surface area contributed by atoms with E-state index in [9.17, 15) is 25.3 Å². The van der Waals surface area contributed by atoms with Gasteiger partial charge in [0.2, 0.25) is 5.88 Å². The van der Waals surface area contributed by atoms with Gasteiger partial charge >= 0.3 is 0 Å². The average molecular weight is 396 g/mol. The zero-order valence-corrected chi connectivity index (χ0v) is 16.1. The molecule has 3 rings (SSSR count). The number of aromatic nitrogens is 1. The molecule has 0 spiro atoms. The quantitative estimate of drug-likeness (QED) is 0.470. The monoisotopic (exact) mass is 396 g/mol. The van der Waals surface area contributed by atoms with Gasteiger partial charge in [0.25, 0.3) is 11.2 Å². The third kappa shape index (κ3) is 4.02. The number of aromatic hydroxyl groups is 1. The summed E-state index contributed by atoms with van der Waals surface area (Å²) < 4.78 is 6.66. The number of benzene rings is 1. The molecule has 1 fully saturated rings. The summed E-state index contributed by atoms with van der Waals surface area (Å²) in [4.78, 5) is 27.5. The highest BCUT2D eigenvalue weighted by atomic mass is 16.6.